The molecule has 0 spiro atoms. The van der Waals surface area contributed by atoms with E-state index in [9.17, 15) is 13.2 Å². The summed E-state index contributed by atoms with van der Waals surface area (Å²) in [4.78, 5) is 17.1. The molecule has 2 heterocycles. The molecule has 1 fully saturated rings. The van der Waals surface area contributed by atoms with Crippen LogP contribution in [-0.2, 0) is 21.2 Å². The molecule has 0 saturated carbocycles. The molecule has 1 aromatic heterocycles. The number of sulfonamides is 1. The Kier molecular flexibility index (Phi) is 7.05. The number of halogens is 1. The molecule has 1 N–H and O–H groups in total. The normalized spacial score (nSPS) is 15.6. The van der Waals surface area contributed by atoms with E-state index in [-0.39, 0.29) is 5.91 Å². The molecule has 2 aromatic carbocycles. The van der Waals surface area contributed by atoms with Crippen LogP contribution in [0.5, 0.6) is 0 Å². The lowest BCUT2D eigenvalue weighted by molar-refractivity contribution is -0.116. The maximum absolute atomic E-state index is 12.9. The lowest BCUT2D eigenvalue weighted by Gasteiger charge is -2.20. The number of aromatic nitrogens is 1. The summed E-state index contributed by atoms with van der Waals surface area (Å²) in [5, 5.41) is 3.44. The van der Waals surface area contributed by atoms with Crippen molar-refractivity contribution in [3.63, 3.8) is 0 Å². The minimum Gasteiger partial charge on any atom is -0.302 e. The molecule has 0 bridgehead atoms. The third-order valence-corrected chi connectivity index (χ3v) is 8.70. The number of nitrogens with zero attached hydrogens (tertiary/aromatic N) is 2. The van der Waals surface area contributed by atoms with E-state index in [0.717, 1.165) is 45.9 Å². The van der Waals surface area contributed by atoms with Crippen molar-refractivity contribution in [2.24, 2.45) is 0 Å². The first kappa shape index (κ1) is 22.4. The predicted octanol–water partition coefficient (Wildman–Crippen LogP) is 5.19. The molecule has 0 radical (unpaired) electrons. The fourth-order valence-electron chi connectivity index (χ4n) is 3.65. The van der Waals surface area contributed by atoms with Crippen LogP contribution in [0.15, 0.2) is 51.8 Å². The molecule has 0 unspecified atom stereocenters. The SMILES string of the molecule is O=C(CCc1ccc(S(=O)(=O)N2CCCCCC2)cc1)Nc1nc2ccc(Br)cc2s1. The molecule has 6 nitrogen and oxygen atoms in total. The van der Waals surface area contributed by atoms with Crippen molar-refractivity contribution in [2.45, 2.75) is 43.4 Å². The Bertz CT molecular complexity index is 1170. The highest BCUT2D eigenvalue weighted by molar-refractivity contribution is 9.10. The Labute approximate surface area is 194 Å². The molecule has 0 aliphatic carbocycles. The van der Waals surface area contributed by atoms with Crippen LogP contribution < -0.4 is 5.32 Å². The van der Waals surface area contributed by atoms with Crippen molar-refractivity contribution in [1.29, 1.82) is 0 Å². The molecule has 1 aliphatic heterocycles. The van der Waals surface area contributed by atoms with Gasteiger partial charge in [0.25, 0.3) is 0 Å². The van der Waals surface area contributed by atoms with Crippen molar-refractivity contribution in [1.82, 2.24) is 9.29 Å². The molecule has 1 saturated heterocycles. The van der Waals surface area contributed by atoms with Crippen LogP contribution >= 0.6 is 27.3 Å². The second kappa shape index (κ2) is 9.77. The Morgan fingerprint density at radius 2 is 1.77 bits per heavy atom. The van der Waals surface area contributed by atoms with Gasteiger partial charge in [-0.1, -0.05) is 52.2 Å². The van der Waals surface area contributed by atoms with Gasteiger partial charge in [0.05, 0.1) is 15.1 Å². The third kappa shape index (κ3) is 5.52. The fraction of sp³-hybridized carbons (Fsp3) is 0.364. The summed E-state index contributed by atoms with van der Waals surface area (Å²) in [7, 11) is -3.45. The largest absolute Gasteiger partial charge is 0.302 e. The van der Waals surface area contributed by atoms with E-state index >= 15 is 0 Å². The standard InChI is InChI=1S/C22H24BrN3O3S2/c23-17-8-11-19-20(15-17)30-22(24-19)25-21(27)12-7-16-5-9-18(10-6-16)31(28,29)26-13-3-1-2-4-14-26/h5-6,8-11,15H,1-4,7,12-14H2,(H,24,25,27). The van der Waals surface area contributed by atoms with Gasteiger partial charge < -0.3 is 5.32 Å². The van der Waals surface area contributed by atoms with Crippen molar-refractivity contribution >= 4 is 58.5 Å². The number of benzene rings is 2. The maximum atomic E-state index is 12.9. The second-order valence-electron chi connectivity index (χ2n) is 7.64. The Morgan fingerprint density at radius 1 is 1.06 bits per heavy atom. The van der Waals surface area contributed by atoms with Gasteiger partial charge in [0.1, 0.15) is 0 Å². The fourth-order valence-corrected chi connectivity index (χ4v) is 6.60. The first-order valence-electron chi connectivity index (χ1n) is 10.4. The van der Waals surface area contributed by atoms with Gasteiger partial charge in [-0.15, -0.1) is 0 Å². The van der Waals surface area contributed by atoms with Crippen molar-refractivity contribution in [3.8, 4) is 0 Å². The maximum Gasteiger partial charge on any atom is 0.243 e. The van der Waals surface area contributed by atoms with Gasteiger partial charge in [-0.25, -0.2) is 13.4 Å². The van der Waals surface area contributed by atoms with Gasteiger partial charge in [0, 0.05) is 24.0 Å². The minimum absolute atomic E-state index is 0.112. The molecule has 31 heavy (non-hydrogen) atoms. The zero-order chi connectivity index (χ0) is 21.8. The van der Waals surface area contributed by atoms with E-state index in [0.29, 0.717) is 36.0 Å². The number of rotatable bonds is 6. The number of anilines is 1. The Morgan fingerprint density at radius 3 is 2.48 bits per heavy atom. The van der Waals surface area contributed by atoms with E-state index in [1.807, 2.05) is 18.2 Å². The molecule has 3 aromatic rings. The van der Waals surface area contributed by atoms with Gasteiger partial charge in [0.2, 0.25) is 15.9 Å². The summed E-state index contributed by atoms with van der Waals surface area (Å²) in [6.07, 6.45) is 4.84. The zero-order valence-corrected chi connectivity index (χ0v) is 20.2. The van der Waals surface area contributed by atoms with E-state index < -0.39 is 10.0 Å². The van der Waals surface area contributed by atoms with Gasteiger partial charge in [-0.2, -0.15) is 4.31 Å². The van der Waals surface area contributed by atoms with Crippen molar-refractivity contribution < 1.29 is 13.2 Å². The predicted molar refractivity (Wildman–Crippen MR) is 128 cm³/mol. The molecule has 164 valence electrons. The van der Waals surface area contributed by atoms with Gasteiger partial charge in [-0.05, 0) is 55.2 Å². The lowest BCUT2D eigenvalue weighted by Crippen LogP contribution is -2.31. The molecule has 4 rings (SSSR count). The van der Waals surface area contributed by atoms with E-state index in [1.54, 1.807) is 28.6 Å². The number of aryl methyl sites for hydroxylation is 1. The topological polar surface area (TPSA) is 79.4 Å². The molecular weight excluding hydrogens is 498 g/mol. The highest BCUT2D eigenvalue weighted by atomic mass is 79.9. The van der Waals surface area contributed by atoms with Crippen LogP contribution in [0.1, 0.15) is 37.7 Å². The van der Waals surface area contributed by atoms with Crippen molar-refractivity contribution in [2.75, 3.05) is 18.4 Å². The van der Waals surface area contributed by atoms with Crippen LogP contribution in [0.4, 0.5) is 5.13 Å². The number of nitrogens with one attached hydrogen (secondary N) is 1. The number of thiazole rings is 1. The second-order valence-corrected chi connectivity index (χ2v) is 11.5. The summed E-state index contributed by atoms with van der Waals surface area (Å²) in [6.45, 7) is 1.18. The van der Waals surface area contributed by atoms with E-state index in [4.69, 9.17) is 0 Å². The number of fused-ring (bicyclic) bond motifs is 1. The van der Waals surface area contributed by atoms with Crippen LogP contribution in [0, 0.1) is 0 Å². The molecule has 9 heteroatoms. The summed E-state index contributed by atoms with van der Waals surface area (Å²) < 4.78 is 29.3. The quantitative estimate of drug-likeness (QED) is 0.483. The summed E-state index contributed by atoms with van der Waals surface area (Å²) >= 11 is 4.87. The first-order chi connectivity index (χ1) is 14.9. The first-order valence-corrected chi connectivity index (χ1v) is 13.4. The van der Waals surface area contributed by atoms with Gasteiger partial charge in [-0.3, -0.25) is 4.79 Å². The van der Waals surface area contributed by atoms with Crippen LogP contribution in [0.3, 0.4) is 0 Å². The number of carbonyl (C=O) groups is 1. The number of amides is 1. The van der Waals surface area contributed by atoms with Crippen molar-refractivity contribution in [3.05, 3.63) is 52.5 Å². The van der Waals surface area contributed by atoms with Crippen LogP contribution in [-0.4, -0.2) is 36.7 Å². The average molecular weight is 522 g/mol. The highest BCUT2D eigenvalue weighted by Gasteiger charge is 2.24. The Hall–Kier alpha value is -1.81. The molecule has 1 amide bonds. The molecule has 0 atom stereocenters. The zero-order valence-electron chi connectivity index (χ0n) is 17.0. The lowest BCUT2D eigenvalue weighted by atomic mass is 10.1. The van der Waals surface area contributed by atoms with Crippen LogP contribution in [0.2, 0.25) is 0 Å². The molecule has 1 aliphatic rings. The summed E-state index contributed by atoms with van der Waals surface area (Å²) in [5.41, 5.74) is 1.78. The third-order valence-electron chi connectivity index (χ3n) is 5.36. The summed E-state index contributed by atoms with van der Waals surface area (Å²) in [5.74, 6) is -0.112. The van der Waals surface area contributed by atoms with Crippen LogP contribution in [0.25, 0.3) is 10.2 Å². The highest BCUT2D eigenvalue weighted by Crippen LogP contribution is 2.28. The Balaban J connectivity index is 1.34. The van der Waals surface area contributed by atoms with E-state index in [1.165, 1.54) is 11.3 Å². The van der Waals surface area contributed by atoms with Gasteiger partial charge in [0.15, 0.2) is 5.13 Å². The van der Waals surface area contributed by atoms with E-state index in [2.05, 4.69) is 26.2 Å². The smallest absolute Gasteiger partial charge is 0.243 e. The number of hydrogen-bond donors (Lipinski definition) is 1. The average Bonchev–Trinajstić information content (AvgIpc) is 2.95. The monoisotopic (exact) mass is 521 g/mol. The minimum atomic E-state index is -3.45. The molecular formula is C22H24BrN3O3S2. The van der Waals surface area contributed by atoms with Gasteiger partial charge >= 0.3 is 0 Å². The number of carbonyl (C=O) groups excluding carboxylic acids is 1. The number of hydrogen-bond acceptors (Lipinski definition) is 5. The summed E-state index contributed by atoms with van der Waals surface area (Å²) in [6, 6.07) is 12.7.